The molecule has 1 heterocycles. The standard InChI is InChI=1S/C12H25NO2/c1-11-12(10-13-2,7-9-15-11)6-4-5-8-14-3/h11,13H,4-10H2,1-3H3. The quantitative estimate of drug-likeness (QED) is 0.657. The number of unbranched alkanes of at least 4 members (excludes halogenated alkanes) is 1. The lowest BCUT2D eigenvalue weighted by atomic mass is 9.77. The van der Waals surface area contributed by atoms with E-state index in [1.54, 1.807) is 7.11 Å². The molecule has 3 heteroatoms. The largest absolute Gasteiger partial charge is 0.385 e. The molecule has 1 aliphatic rings. The van der Waals surface area contributed by atoms with E-state index in [2.05, 4.69) is 12.2 Å². The van der Waals surface area contributed by atoms with Gasteiger partial charge in [-0.3, -0.25) is 0 Å². The molecule has 0 saturated carbocycles. The fourth-order valence-corrected chi connectivity index (χ4v) is 2.54. The second-order valence-electron chi connectivity index (χ2n) is 4.61. The zero-order valence-corrected chi connectivity index (χ0v) is 10.3. The maximum atomic E-state index is 5.71. The Morgan fingerprint density at radius 1 is 1.47 bits per heavy atom. The number of rotatable bonds is 7. The van der Waals surface area contributed by atoms with Crippen molar-refractivity contribution in [3.63, 3.8) is 0 Å². The van der Waals surface area contributed by atoms with Crippen LogP contribution in [0.1, 0.15) is 32.6 Å². The van der Waals surface area contributed by atoms with Gasteiger partial charge in [-0.15, -0.1) is 0 Å². The summed E-state index contributed by atoms with van der Waals surface area (Å²) in [6.45, 7) is 5.08. The minimum absolute atomic E-state index is 0.364. The molecule has 1 rings (SSSR count). The van der Waals surface area contributed by atoms with E-state index in [-0.39, 0.29) is 0 Å². The Morgan fingerprint density at radius 2 is 2.27 bits per heavy atom. The van der Waals surface area contributed by atoms with Gasteiger partial charge in [0.25, 0.3) is 0 Å². The molecule has 0 aliphatic carbocycles. The monoisotopic (exact) mass is 215 g/mol. The fraction of sp³-hybridized carbons (Fsp3) is 1.00. The van der Waals surface area contributed by atoms with E-state index in [9.17, 15) is 0 Å². The molecule has 1 saturated heterocycles. The van der Waals surface area contributed by atoms with E-state index >= 15 is 0 Å². The van der Waals surface area contributed by atoms with Crippen LogP contribution in [-0.4, -0.2) is 40.0 Å². The predicted molar refractivity (Wildman–Crippen MR) is 62.1 cm³/mol. The number of nitrogens with one attached hydrogen (secondary N) is 1. The summed E-state index contributed by atoms with van der Waals surface area (Å²) in [6, 6.07) is 0. The fourth-order valence-electron chi connectivity index (χ4n) is 2.54. The summed E-state index contributed by atoms with van der Waals surface area (Å²) in [5, 5.41) is 3.31. The molecule has 1 fully saturated rings. The van der Waals surface area contributed by atoms with Gasteiger partial charge < -0.3 is 14.8 Å². The van der Waals surface area contributed by atoms with Gasteiger partial charge in [0.1, 0.15) is 0 Å². The molecule has 0 aromatic carbocycles. The van der Waals surface area contributed by atoms with E-state index in [4.69, 9.17) is 9.47 Å². The summed E-state index contributed by atoms with van der Waals surface area (Å²) in [4.78, 5) is 0. The Balaban J connectivity index is 2.36. The van der Waals surface area contributed by atoms with Gasteiger partial charge in [-0.05, 0) is 33.2 Å². The average Bonchev–Trinajstić information content (AvgIpc) is 2.57. The Kier molecular flexibility index (Phi) is 5.58. The first kappa shape index (κ1) is 12.9. The summed E-state index contributed by atoms with van der Waals surface area (Å²) in [6.07, 6.45) is 5.24. The zero-order valence-electron chi connectivity index (χ0n) is 10.3. The molecule has 0 spiro atoms. The van der Waals surface area contributed by atoms with Gasteiger partial charge in [-0.2, -0.15) is 0 Å². The lowest BCUT2D eigenvalue weighted by Crippen LogP contribution is -2.38. The van der Waals surface area contributed by atoms with Crippen molar-refractivity contribution in [2.45, 2.75) is 38.7 Å². The number of hydrogen-bond acceptors (Lipinski definition) is 3. The Bertz CT molecular complexity index is 175. The highest BCUT2D eigenvalue weighted by Crippen LogP contribution is 2.38. The van der Waals surface area contributed by atoms with Crippen molar-refractivity contribution in [1.82, 2.24) is 5.32 Å². The molecule has 15 heavy (non-hydrogen) atoms. The van der Waals surface area contributed by atoms with Crippen molar-refractivity contribution in [1.29, 1.82) is 0 Å². The molecular weight excluding hydrogens is 190 g/mol. The number of methoxy groups -OCH3 is 1. The molecule has 2 atom stereocenters. The average molecular weight is 215 g/mol. The maximum absolute atomic E-state index is 5.71. The molecule has 0 amide bonds. The van der Waals surface area contributed by atoms with Crippen LogP contribution in [0.15, 0.2) is 0 Å². The van der Waals surface area contributed by atoms with Crippen molar-refractivity contribution in [2.75, 3.05) is 33.9 Å². The molecule has 0 bridgehead atoms. The molecule has 2 unspecified atom stereocenters. The summed E-state index contributed by atoms with van der Waals surface area (Å²) < 4.78 is 10.8. The SMILES string of the molecule is CNCC1(CCCCOC)CCOC1C. The van der Waals surface area contributed by atoms with Crippen molar-refractivity contribution in [3.8, 4) is 0 Å². The topological polar surface area (TPSA) is 30.5 Å². The molecular formula is C12H25NO2. The summed E-state index contributed by atoms with van der Waals surface area (Å²) >= 11 is 0. The van der Waals surface area contributed by atoms with Crippen LogP contribution in [-0.2, 0) is 9.47 Å². The highest BCUT2D eigenvalue weighted by molar-refractivity contribution is 4.90. The van der Waals surface area contributed by atoms with Gasteiger partial charge in [0, 0.05) is 32.3 Å². The van der Waals surface area contributed by atoms with Gasteiger partial charge in [-0.25, -0.2) is 0 Å². The zero-order chi connectivity index (χ0) is 11.1. The van der Waals surface area contributed by atoms with Crippen molar-refractivity contribution < 1.29 is 9.47 Å². The first-order chi connectivity index (χ1) is 7.25. The molecule has 1 N–H and O–H groups in total. The Hall–Kier alpha value is -0.120. The van der Waals surface area contributed by atoms with Crippen LogP contribution in [0.5, 0.6) is 0 Å². The van der Waals surface area contributed by atoms with Gasteiger partial charge >= 0.3 is 0 Å². The highest BCUT2D eigenvalue weighted by Gasteiger charge is 2.40. The van der Waals surface area contributed by atoms with Crippen molar-refractivity contribution >= 4 is 0 Å². The summed E-state index contributed by atoms with van der Waals surface area (Å²) in [5.41, 5.74) is 0.364. The molecule has 0 radical (unpaired) electrons. The second-order valence-corrected chi connectivity index (χ2v) is 4.61. The van der Waals surface area contributed by atoms with E-state index in [1.165, 1.54) is 19.3 Å². The molecule has 1 aliphatic heterocycles. The van der Waals surface area contributed by atoms with Gasteiger partial charge in [0.05, 0.1) is 6.10 Å². The van der Waals surface area contributed by atoms with E-state index in [0.717, 1.165) is 26.2 Å². The van der Waals surface area contributed by atoms with Crippen LogP contribution in [0.2, 0.25) is 0 Å². The predicted octanol–water partition coefficient (Wildman–Crippen LogP) is 1.82. The van der Waals surface area contributed by atoms with Crippen LogP contribution >= 0.6 is 0 Å². The smallest absolute Gasteiger partial charge is 0.0616 e. The minimum atomic E-state index is 0.364. The minimum Gasteiger partial charge on any atom is -0.385 e. The van der Waals surface area contributed by atoms with Crippen LogP contribution in [0, 0.1) is 5.41 Å². The summed E-state index contributed by atoms with van der Waals surface area (Å²) in [7, 11) is 3.80. The third kappa shape index (κ3) is 3.44. The van der Waals surface area contributed by atoms with Gasteiger partial charge in [-0.1, -0.05) is 6.42 Å². The molecule has 3 nitrogen and oxygen atoms in total. The van der Waals surface area contributed by atoms with E-state index < -0.39 is 0 Å². The first-order valence-corrected chi connectivity index (χ1v) is 6.00. The van der Waals surface area contributed by atoms with Crippen molar-refractivity contribution in [3.05, 3.63) is 0 Å². The van der Waals surface area contributed by atoms with Crippen LogP contribution in [0.3, 0.4) is 0 Å². The lowest BCUT2D eigenvalue weighted by Gasteiger charge is -2.32. The molecule has 90 valence electrons. The first-order valence-electron chi connectivity index (χ1n) is 6.00. The van der Waals surface area contributed by atoms with E-state index in [1.807, 2.05) is 7.05 Å². The van der Waals surface area contributed by atoms with E-state index in [0.29, 0.717) is 11.5 Å². The highest BCUT2D eigenvalue weighted by atomic mass is 16.5. The van der Waals surface area contributed by atoms with Crippen LogP contribution < -0.4 is 5.32 Å². The van der Waals surface area contributed by atoms with Crippen LogP contribution in [0.4, 0.5) is 0 Å². The van der Waals surface area contributed by atoms with Gasteiger partial charge in [0.15, 0.2) is 0 Å². The third-order valence-corrected chi connectivity index (χ3v) is 3.63. The number of ether oxygens (including phenoxy) is 2. The normalized spacial score (nSPS) is 31.0. The van der Waals surface area contributed by atoms with Crippen LogP contribution in [0.25, 0.3) is 0 Å². The maximum Gasteiger partial charge on any atom is 0.0616 e. The molecule has 0 aromatic heterocycles. The molecule has 0 aromatic rings. The van der Waals surface area contributed by atoms with Gasteiger partial charge in [0.2, 0.25) is 0 Å². The summed E-state index contributed by atoms with van der Waals surface area (Å²) in [5.74, 6) is 0. The Labute approximate surface area is 93.5 Å². The second kappa shape index (κ2) is 6.46. The van der Waals surface area contributed by atoms with Crippen molar-refractivity contribution in [2.24, 2.45) is 5.41 Å². The number of hydrogen-bond donors (Lipinski definition) is 1. The lowest BCUT2D eigenvalue weighted by molar-refractivity contribution is 0.0568. The third-order valence-electron chi connectivity index (χ3n) is 3.63. The Morgan fingerprint density at radius 3 is 2.80 bits per heavy atom.